The predicted molar refractivity (Wildman–Crippen MR) is 99.9 cm³/mol. The normalized spacial score (nSPS) is 24.7. The monoisotopic (exact) mass is 359 g/mol. The van der Waals surface area contributed by atoms with Gasteiger partial charge in [-0.1, -0.05) is 37.3 Å². The Hall–Kier alpha value is -1.92. The highest BCUT2D eigenvalue weighted by Gasteiger charge is 2.36. The molecule has 6 heteroatoms. The maximum atomic E-state index is 12.7. The largest absolute Gasteiger partial charge is 0.481 e. The van der Waals surface area contributed by atoms with Crippen LogP contribution in [-0.2, 0) is 16.0 Å². The lowest BCUT2D eigenvalue weighted by molar-refractivity contribution is -0.143. The summed E-state index contributed by atoms with van der Waals surface area (Å²) in [5.74, 6) is -0.860. The smallest absolute Gasteiger partial charge is 0.309 e. The molecular formula is C20H29N3O3. The standard InChI is InChI=1S/C20H29N3O3/c1-2-21-12-17(20(25)26)13-22-10-11-23(15-18(22)14-21)19(24)9-8-16-6-4-3-5-7-16/h3-7,17-18H,2,8-15H2,1H3,(H,25,26). The lowest BCUT2D eigenvalue weighted by atomic mass is 10.1. The van der Waals surface area contributed by atoms with E-state index in [1.807, 2.05) is 23.1 Å². The Morgan fingerprint density at radius 3 is 2.54 bits per heavy atom. The molecule has 0 saturated carbocycles. The van der Waals surface area contributed by atoms with Crippen LogP contribution in [0.4, 0.5) is 0 Å². The van der Waals surface area contributed by atoms with Crippen LogP contribution in [0.25, 0.3) is 0 Å². The lowest BCUT2D eigenvalue weighted by Crippen LogP contribution is -2.57. The van der Waals surface area contributed by atoms with Gasteiger partial charge in [0.15, 0.2) is 0 Å². The molecule has 2 heterocycles. The molecule has 142 valence electrons. The molecule has 0 radical (unpaired) electrons. The highest BCUT2D eigenvalue weighted by Crippen LogP contribution is 2.20. The third kappa shape index (κ3) is 4.62. The van der Waals surface area contributed by atoms with Gasteiger partial charge in [-0.25, -0.2) is 0 Å². The van der Waals surface area contributed by atoms with Crippen LogP contribution in [0, 0.1) is 5.92 Å². The van der Waals surface area contributed by atoms with Crippen LogP contribution < -0.4 is 0 Å². The first kappa shape index (κ1) is 18.9. The fourth-order valence-electron chi connectivity index (χ4n) is 4.03. The number of aliphatic carboxylic acids is 1. The van der Waals surface area contributed by atoms with Crippen molar-refractivity contribution >= 4 is 11.9 Å². The highest BCUT2D eigenvalue weighted by atomic mass is 16.4. The summed E-state index contributed by atoms with van der Waals surface area (Å²) in [5, 5.41) is 9.47. The van der Waals surface area contributed by atoms with Crippen molar-refractivity contribution in [1.82, 2.24) is 14.7 Å². The summed E-state index contributed by atoms with van der Waals surface area (Å²) in [6.07, 6.45) is 1.30. The Balaban J connectivity index is 1.58. The van der Waals surface area contributed by atoms with E-state index in [4.69, 9.17) is 0 Å². The van der Waals surface area contributed by atoms with E-state index in [0.29, 0.717) is 32.6 Å². The van der Waals surface area contributed by atoms with E-state index in [0.717, 1.165) is 26.1 Å². The Bertz CT molecular complexity index is 622. The number of carboxylic acids is 1. The van der Waals surface area contributed by atoms with Crippen LogP contribution in [0.3, 0.4) is 0 Å². The highest BCUT2D eigenvalue weighted by molar-refractivity contribution is 5.76. The summed E-state index contributed by atoms with van der Waals surface area (Å²) < 4.78 is 0. The van der Waals surface area contributed by atoms with Gasteiger partial charge in [-0.2, -0.15) is 0 Å². The number of aryl methyl sites for hydroxylation is 1. The van der Waals surface area contributed by atoms with Crippen LogP contribution in [0.2, 0.25) is 0 Å². The van der Waals surface area contributed by atoms with E-state index in [1.54, 1.807) is 0 Å². The number of amides is 1. The third-order valence-corrected chi connectivity index (χ3v) is 5.63. The summed E-state index contributed by atoms with van der Waals surface area (Å²) >= 11 is 0. The van der Waals surface area contributed by atoms with Gasteiger partial charge in [0.2, 0.25) is 5.91 Å². The van der Waals surface area contributed by atoms with Gasteiger partial charge < -0.3 is 14.9 Å². The summed E-state index contributed by atoms with van der Waals surface area (Å²) in [6.45, 7) is 7.10. The Labute approximate surface area is 155 Å². The molecule has 26 heavy (non-hydrogen) atoms. The molecule has 1 aromatic carbocycles. The van der Waals surface area contributed by atoms with Crippen LogP contribution >= 0.6 is 0 Å². The zero-order chi connectivity index (χ0) is 18.5. The molecule has 0 spiro atoms. The molecular weight excluding hydrogens is 330 g/mol. The zero-order valence-corrected chi connectivity index (χ0v) is 15.5. The average Bonchev–Trinajstić information content (AvgIpc) is 2.85. The zero-order valence-electron chi connectivity index (χ0n) is 15.5. The third-order valence-electron chi connectivity index (χ3n) is 5.63. The van der Waals surface area contributed by atoms with Gasteiger partial charge in [0.25, 0.3) is 0 Å². The summed E-state index contributed by atoms with van der Waals surface area (Å²) in [7, 11) is 0. The average molecular weight is 359 g/mol. The molecule has 1 amide bonds. The molecule has 2 aliphatic heterocycles. The van der Waals surface area contributed by atoms with Crippen molar-refractivity contribution in [2.75, 3.05) is 45.8 Å². The van der Waals surface area contributed by atoms with Gasteiger partial charge in [-0.3, -0.25) is 14.5 Å². The Kier molecular flexibility index (Phi) is 6.27. The van der Waals surface area contributed by atoms with E-state index in [-0.39, 0.29) is 17.9 Å². The van der Waals surface area contributed by atoms with Gasteiger partial charge in [-0.15, -0.1) is 0 Å². The minimum absolute atomic E-state index is 0.204. The first-order valence-corrected chi connectivity index (χ1v) is 9.57. The van der Waals surface area contributed by atoms with Gasteiger partial charge in [0.1, 0.15) is 0 Å². The molecule has 0 bridgehead atoms. The number of hydrogen-bond acceptors (Lipinski definition) is 4. The quantitative estimate of drug-likeness (QED) is 0.855. The summed E-state index contributed by atoms with van der Waals surface area (Å²) in [4.78, 5) is 30.6. The number of hydrogen-bond donors (Lipinski definition) is 1. The van der Waals surface area contributed by atoms with E-state index in [9.17, 15) is 14.7 Å². The Morgan fingerprint density at radius 1 is 1.08 bits per heavy atom. The number of nitrogens with zero attached hydrogens (tertiary/aromatic N) is 3. The summed E-state index contributed by atoms with van der Waals surface area (Å²) in [6, 6.07) is 10.3. The molecule has 2 unspecified atom stereocenters. The van der Waals surface area contributed by atoms with Crippen molar-refractivity contribution in [3.63, 3.8) is 0 Å². The number of carbonyl (C=O) groups excluding carboxylic acids is 1. The van der Waals surface area contributed by atoms with Crippen LogP contribution in [0.1, 0.15) is 18.9 Å². The van der Waals surface area contributed by atoms with Crippen molar-refractivity contribution < 1.29 is 14.7 Å². The van der Waals surface area contributed by atoms with Gasteiger partial charge in [-0.05, 0) is 18.5 Å². The minimum Gasteiger partial charge on any atom is -0.481 e. The number of fused-ring (bicyclic) bond motifs is 1. The van der Waals surface area contributed by atoms with Crippen LogP contribution in [-0.4, -0.2) is 83.5 Å². The van der Waals surface area contributed by atoms with Crippen molar-refractivity contribution in [3.05, 3.63) is 35.9 Å². The minimum atomic E-state index is -0.717. The molecule has 0 aliphatic carbocycles. The molecule has 0 aromatic heterocycles. The maximum absolute atomic E-state index is 12.7. The number of piperazine rings is 1. The first-order valence-electron chi connectivity index (χ1n) is 9.57. The molecule has 2 saturated heterocycles. The molecule has 3 rings (SSSR count). The van der Waals surface area contributed by atoms with E-state index >= 15 is 0 Å². The first-order chi connectivity index (χ1) is 12.6. The molecule has 2 aliphatic rings. The summed E-state index contributed by atoms with van der Waals surface area (Å²) in [5.41, 5.74) is 1.19. The van der Waals surface area contributed by atoms with Crippen molar-refractivity contribution in [2.24, 2.45) is 5.92 Å². The number of rotatable bonds is 5. The van der Waals surface area contributed by atoms with Gasteiger partial charge in [0, 0.05) is 51.7 Å². The number of carboxylic acid groups (broad SMARTS) is 1. The second kappa shape index (κ2) is 8.64. The van der Waals surface area contributed by atoms with Gasteiger partial charge in [0.05, 0.1) is 5.92 Å². The number of benzene rings is 1. The van der Waals surface area contributed by atoms with E-state index in [2.05, 4.69) is 28.9 Å². The second-order valence-electron chi connectivity index (χ2n) is 7.36. The van der Waals surface area contributed by atoms with Crippen LogP contribution in [0.5, 0.6) is 0 Å². The predicted octanol–water partition coefficient (Wildman–Crippen LogP) is 1.17. The molecule has 2 atom stereocenters. The fraction of sp³-hybridized carbons (Fsp3) is 0.600. The van der Waals surface area contributed by atoms with Crippen molar-refractivity contribution in [2.45, 2.75) is 25.8 Å². The molecule has 1 N–H and O–H groups in total. The van der Waals surface area contributed by atoms with E-state index < -0.39 is 5.97 Å². The fourth-order valence-corrected chi connectivity index (χ4v) is 4.03. The number of carbonyl (C=O) groups is 2. The van der Waals surface area contributed by atoms with Crippen molar-refractivity contribution in [1.29, 1.82) is 0 Å². The molecule has 2 fully saturated rings. The van der Waals surface area contributed by atoms with Gasteiger partial charge >= 0.3 is 5.97 Å². The number of likely N-dealkylation sites (N-methyl/N-ethyl adjacent to an activating group) is 1. The SMILES string of the molecule is CCN1CC(C(=O)O)CN2CCN(C(=O)CCc3ccccc3)CC2C1. The second-order valence-corrected chi connectivity index (χ2v) is 7.36. The van der Waals surface area contributed by atoms with E-state index in [1.165, 1.54) is 5.56 Å². The molecule has 6 nitrogen and oxygen atoms in total. The van der Waals surface area contributed by atoms with Crippen LogP contribution in [0.15, 0.2) is 30.3 Å². The Morgan fingerprint density at radius 2 is 1.85 bits per heavy atom. The van der Waals surface area contributed by atoms with Crippen molar-refractivity contribution in [3.8, 4) is 0 Å². The maximum Gasteiger partial charge on any atom is 0.309 e. The molecule has 1 aromatic rings. The topological polar surface area (TPSA) is 64.1 Å². The lowest BCUT2D eigenvalue weighted by Gasteiger charge is -2.41.